The molecule has 0 amide bonds. The number of unbranched alkanes of at least 4 members (excludes halogenated alkanes) is 20. The maximum Gasteiger partial charge on any atom is 0.306 e. The van der Waals surface area contributed by atoms with Crippen LogP contribution in [0.3, 0.4) is 0 Å². The first-order chi connectivity index (χ1) is 41.0. The largest absolute Gasteiger partial charge is 0.462 e. The fraction of sp³-hybridized carbons (Fsp3) is 0.597. The molecule has 0 spiro atoms. The minimum Gasteiger partial charge on any atom is -0.462 e. The van der Waals surface area contributed by atoms with Gasteiger partial charge in [0.05, 0.1) is 0 Å². The summed E-state index contributed by atoms with van der Waals surface area (Å²) in [7, 11) is 0. The standard InChI is InChI=1S/C77H122O6/c1-4-7-10-13-16-19-22-25-28-31-33-35-37-38-40-41-43-46-49-52-55-58-61-64-67-70-76(79)82-73-74(72-81-75(78)69-66-63-60-57-54-51-48-45-30-27-24-21-18-15-12-9-6-3)83-77(80)71-68-65-62-59-56-53-50-47-44-42-39-36-34-32-29-26-23-20-17-14-11-8-5-2/h7-8,10-11,16-17,19-20,25-30,33-36,38,40,42-44,46,50,53,59,62,74H,4-6,9,12-15,18,21-24,31-32,37,39,41,45,47-49,51-52,54-58,60-61,63-73H2,1-3H3/b10-7-,11-8-,19-16-,20-17-,28-25-,29-26-,30-27-,35-33-,36-34-,40-38-,44-42-,46-43-,53-50-,62-59-. The topological polar surface area (TPSA) is 78.9 Å². The molecule has 466 valence electrons. The van der Waals surface area contributed by atoms with Crippen molar-refractivity contribution in [1.29, 1.82) is 0 Å². The highest BCUT2D eigenvalue weighted by molar-refractivity contribution is 5.71. The van der Waals surface area contributed by atoms with Crippen LogP contribution in [-0.4, -0.2) is 37.2 Å². The van der Waals surface area contributed by atoms with Crippen molar-refractivity contribution in [3.63, 3.8) is 0 Å². The number of carbonyl (C=O) groups is 3. The van der Waals surface area contributed by atoms with Crippen molar-refractivity contribution >= 4 is 17.9 Å². The van der Waals surface area contributed by atoms with Crippen LogP contribution in [0.4, 0.5) is 0 Å². The lowest BCUT2D eigenvalue weighted by Crippen LogP contribution is -2.30. The van der Waals surface area contributed by atoms with Crippen molar-refractivity contribution in [2.45, 2.75) is 284 Å². The summed E-state index contributed by atoms with van der Waals surface area (Å²) in [6, 6.07) is 0. The second-order valence-corrected chi connectivity index (χ2v) is 21.6. The second-order valence-electron chi connectivity index (χ2n) is 21.6. The Morgan fingerprint density at radius 2 is 0.482 bits per heavy atom. The first-order valence-corrected chi connectivity index (χ1v) is 33.6. The molecular formula is C77H122O6. The predicted octanol–water partition coefficient (Wildman–Crippen LogP) is 23.4. The van der Waals surface area contributed by atoms with Crippen LogP contribution in [0.1, 0.15) is 278 Å². The maximum atomic E-state index is 12.9. The van der Waals surface area contributed by atoms with E-state index in [4.69, 9.17) is 14.2 Å². The van der Waals surface area contributed by atoms with Crippen molar-refractivity contribution in [3.8, 4) is 0 Å². The molecule has 0 aromatic rings. The van der Waals surface area contributed by atoms with Gasteiger partial charge in [-0.1, -0.05) is 281 Å². The number of hydrogen-bond donors (Lipinski definition) is 0. The van der Waals surface area contributed by atoms with Gasteiger partial charge in [0.2, 0.25) is 0 Å². The van der Waals surface area contributed by atoms with Gasteiger partial charge < -0.3 is 14.2 Å². The lowest BCUT2D eigenvalue weighted by Gasteiger charge is -2.18. The summed E-state index contributed by atoms with van der Waals surface area (Å²) in [6.45, 7) is 6.35. The Morgan fingerprint density at radius 1 is 0.253 bits per heavy atom. The molecule has 6 heteroatoms. The zero-order chi connectivity index (χ0) is 59.9. The van der Waals surface area contributed by atoms with E-state index in [2.05, 4.69) is 191 Å². The molecule has 0 fully saturated rings. The highest BCUT2D eigenvalue weighted by atomic mass is 16.6. The quantitative estimate of drug-likeness (QED) is 0.0261. The molecule has 0 aliphatic heterocycles. The van der Waals surface area contributed by atoms with Crippen molar-refractivity contribution in [1.82, 2.24) is 0 Å². The number of carbonyl (C=O) groups excluding carboxylic acids is 3. The van der Waals surface area contributed by atoms with Crippen LogP contribution in [0.15, 0.2) is 170 Å². The third-order valence-electron chi connectivity index (χ3n) is 13.7. The van der Waals surface area contributed by atoms with Gasteiger partial charge in [0.1, 0.15) is 13.2 Å². The van der Waals surface area contributed by atoms with Gasteiger partial charge >= 0.3 is 17.9 Å². The van der Waals surface area contributed by atoms with Gasteiger partial charge in [0, 0.05) is 19.3 Å². The molecule has 0 aromatic heterocycles. The Labute approximate surface area is 511 Å². The third-order valence-corrected chi connectivity index (χ3v) is 13.7. The Kier molecular flexibility index (Phi) is 64.9. The Balaban J connectivity index is 4.55. The van der Waals surface area contributed by atoms with Crippen LogP contribution in [0.2, 0.25) is 0 Å². The van der Waals surface area contributed by atoms with Crippen LogP contribution >= 0.6 is 0 Å². The molecule has 1 unspecified atom stereocenters. The van der Waals surface area contributed by atoms with Gasteiger partial charge in [-0.25, -0.2) is 0 Å². The van der Waals surface area contributed by atoms with E-state index in [-0.39, 0.29) is 37.5 Å². The number of hydrogen-bond acceptors (Lipinski definition) is 6. The van der Waals surface area contributed by atoms with E-state index in [1.807, 2.05) is 0 Å². The predicted molar refractivity (Wildman–Crippen MR) is 361 cm³/mol. The Hall–Kier alpha value is -5.23. The maximum absolute atomic E-state index is 12.9. The zero-order valence-electron chi connectivity index (χ0n) is 53.4. The van der Waals surface area contributed by atoms with E-state index in [9.17, 15) is 14.4 Å². The summed E-state index contributed by atoms with van der Waals surface area (Å²) in [5, 5.41) is 0. The van der Waals surface area contributed by atoms with Crippen molar-refractivity contribution in [3.05, 3.63) is 170 Å². The van der Waals surface area contributed by atoms with Crippen LogP contribution in [-0.2, 0) is 28.6 Å². The molecule has 0 saturated carbocycles. The Bertz CT molecular complexity index is 1890. The van der Waals surface area contributed by atoms with Crippen LogP contribution in [0.25, 0.3) is 0 Å². The average molecular weight is 1140 g/mol. The lowest BCUT2D eigenvalue weighted by atomic mass is 10.1. The van der Waals surface area contributed by atoms with Crippen molar-refractivity contribution < 1.29 is 28.6 Å². The van der Waals surface area contributed by atoms with E-state index in [1.54, 1.807) is 0 Å². The molecular weight excluding hydrogens is 1020 g/mol. The molecule has 0 radical (unpaired) electrons. The van der Waals surface area contributed by atoms with Gasteiger partial charge in [-0.2, -0.15) is 0 Å². The summed E-state index contributed by atoms with van der Waals surface area (Å²) < 4.78 is 16.9. The molecule has 0 bridgehead atoms. The summed E-state index contributed by atoms with van der Waals surface area (Å²) in [5.74, 6) is -0.996. The average Bonchev–Trinajstić information content (AvgIpc) is 3.49. The third kappa shape index (κ3) is 67.4. The van der Waals surface area contributed by atoms with Gasteiger partial charge in [0.25, 0.3) is 0 Å². The van der Waals surface area contributed by atoms with E-state index in [0.29, 0.717) is 19.3 Å². The van der Waals surface area contributed by atoms with Gasteiger partial charge in [-0.3, -0.25) is 14.4 Å². The van der Waals surface area contributed by atoms with Crippen LogP contribution in [0, 0.1) is 0 Å². The summed E-state index contributed by atoms with van der Waals surface area (Å²) in [5.41, 5.74) is 0. The summed E-state index contributed by atoms with van der Waals surface area (Å²) in [6.07, 6.45) is 102. The van der Waals surface area contributed by atoms with E-state index >= 15 is 0 Å². The van der Waals surface area contributed by atoms with Gasteiger partial charge in [-0.15, -0.1) is 0 Å². The Morgan fingerprint density at radius 3 is 0.783 bits per heavy atom. The molecule has 0 aliphatic carbocycles. The zero-order valence-corrected chi connectivity index (χ0v) is 53.4. The first kappa shape index (κ1) is 77.8. The fourth-order valence-electron chi connectivity index (χ4n) is 8.72. The molecule has 83 heavy (non-hydrogen) atoms. The van der Waals surface area contributed by atoms with E-state index < -0.39 is 6.10 Å². The van der Waals surface area contributed by atoms with E-state index in [0.717, 1.165) is 141 Å². The molecule has 0 heterocycles. The summed E-state index contributed by atoms with van der Waals surface area (Å²) in [4.78, 5) is 38.4. The molecule has 1 atom stereocenters. The number of rotatable bonds is 59. The van der Waals surface area contributed by atoms with Gasteiger partial charge in [-0.05, 0) is 148 Å². The molecule has 0 N–H and O–H groups in total. The number of esters is 3. The second kappa shape index (κ2) is 69.3. The molecule has 6 nitrogen and oxygen atoms in total. The van der Waals surface area contributed by atoms with Crippen LogP contribution in [0.5, 0.6) is 0 Å². The van der Waals surface area contributed by atoms with Crippen molar-refractivity contribution in [2.75, 3.05) is 13.2 Å². The minimum absolute atomic E-state index is 0.115. The lowest BCUT2D eigenvalue weighted by molar-refractivity contribution is -0.167. The number of ether oxygens (including phenoxy) is 3. The monoisotopic (exact) mass is 1140 g/mol. The van der Waals surface area contributed by atoms with E-state index in [1.165, 1.54) is 89.9 Å². The fourth-order valence-corrected chi connectivity index (χ4v) is 8.72. The SMILES string of the molecule is CC/C=C\C/C=C\C/C=C\C/C=C\C/C=C\C/C=C\C/C=C\CCCC(=O)OC(COC(=O)CCCCCCCC/C=C\C/C=C\C/C=C\C/C=C\C/C=C\C/C=C\CC)COC(=O)CCCCCCCCC/C=C\CCCCCCCC. The molecule has 0 aliphatic rings. The number of allylic oxidation sites excluding steroid dienone is 28. The normalized spacial score (nSPS) is 13.2. The van der Waals surface area contributed by atoms with Gasteiger partial charge in [0.15, 0.2) is 6.10 Å². The minimum atomic E-state index is -0.828. The summed E-state index contributed by atoms with van der Waals surface area (Å²) >= 11 is 0. The smallest absolute Gasteiger partial charge is 0.306 e. The highest BCUT2D eigenvalue weighted by Gasteiger charge is 2.19. The van der Waals surface area contributed by atoms with Crippen molar-refractivity contribution in [2.24, 2.45) is 0 Å². The molecule has 0 aromatic carbocycles. The first-order valence-electron chi connectivity index (χ1n) is 33.6. The molecule has 0 saturated heterocycles. The molecule has 0 rings (SSSR count). The highest BCUT2D eigenvalue weighted by Crippen LogP contribution is 2.14. The van der Waals surface area contributed by atoms with Crippen LogP contribution < -0.4 is 0 Å².